The third kappa shape index (κ3) is 7.14. The van der Waals surface area contributed by atoms with Crippen molar-refractivity contribution in [2.45, 2.75) is 53.9 Å². The fourth-order valence-electron chi connectivity index (χ4n) is 5.93. The van der Waals surface area contributed by atoms with Gasteiger partial charge < -0.3 is 14.4 Å². The van der Waals surface area contributed by atoms with Gasteiger partial charge in [-0.1, -0.05) is 62.9 Å². The fourth-order valence-corrected chi connectivity index (χ4v) is 5.93. The van der Waals surface area contributed by atoms with Crippen LogP contribution in [0.2, 0.25) is 0 Å². The van der Waals surface area contributed by atoms with Crippen LogP contribution in [0.4, 0.5) is 0 Å². The molecule has 5 heterocycles. The zero-order valence-corrected chi connectivity index (χ0v) is 31.7. The van der Waals surface area contributed by atoms with Crippen LogP contribution in [0.1, 0.15) is 48.8 Å². The molecule has 0 unspecified atom stereocenters. The Bertz CT molecular complexity index is 2410. The molecule has 5 nitrogen and oxygen atoms in total. The first kappa shape index (κ1) is 34.8. The van der Waals surface area contributed by atoms with E-state index >= 15 is 0 Å². The number of benzene rings is 3. The number of fused-ring (bicyclic) bond motifs is 4. The number of furan rings is 1. The molecule has 0 aliphatic carbocycles. The summed E-state index contributed by atoms with van der Waals surface area (Å²) in [6.07, 6.45) is 3.73. The first-order valence-electron chi connectivity index (χ1n) is 16.5. The summed E-state index contributed by atoms with van der Waals surface area (Å²) in [5.74, 6) is 0. The molecule has 1 radical (unpaired) electrons. The summed E-state index contributed by atoms with van der Waals surface area (Å²) < 4.78 is 6.19. The second-order valence-electron chi connectivity index (χ2n) is 13.7. The molecule has 0 saturated heterocycles. The molecule has 251 valence electrons. The zero-order chi connectivity index (χ0) is 34.3. The van der Waals surface area contributed by atoms with Gasteiger partial charge in [-0.3, -0.25) is 4.98 Å². The number of rotatable bonds is 3. The maximum atomic E-state index is 6.19. The van der Waals surface area contributed by atoms with E-state index in [-0.39, 0.29) is 25.5 Å². The van der Waals surface area contributed by atoms with Crippen LogP contribution in [-0.4, -0.2) is 19.9 Å². The third-order valence-corrected chi connectivity index (χ3v) is 8.72. The first-order valence-corrected chi connectivity index (χ1v) is 16.5. The summed E-state index contributed by atoms with van der Waals surface area (Å²) in [6.45, 7) is 14.8. The molecule has 5 aromatic heterocycles. The Balaban J connectivity index is 0.000000242. The molecule has 0 fully saturated rings. The van der Waals surface area contributed by atoms with E-state index in [0.29, 0.717) is 5.71 Å². The normalized spacial score (nSPS) is 11.3. The molecule has 8 rings (SSSR count). The van der Waals surface area contributed by atoms with E-state index in [1.54, 1.807) is 0 Å². The minimum atomic E-state index is 0. The van der Waals surface area contributed by atoms with Gasteiger partial charge in [0, 0.05) is 60.1 Å². The molecular weight excluding hydrogens is 793 g/mol. The van der Waals surface area contributed by atoms with Crippen LogP contribution in [0.3, 0.4) is 0 Å². The molecule has 0 N–H and O–H groups in total. The van der Waals surface area contributed by atoms with Crippen molar-refractivity contribution in [3.8, 4) is 33.6 Å². The smallest absolute Gasteiger partial charge is 0.216 e. The van der Waals surface area contributed by atoms with Crippen molar-refractivity contribution in [1.29, 1.82) is 0 Å². The molecule has 3 aromatic carbocycles. The van der Waals surface area contributed by atoms with Crippen molar-refractivity contribution in [1.82, 2.24) is 19.9 Å². The minimum Gasteiger partial charge on any atom is -0.486 e. The molecule has 6 heteroatoms. The van der Waals surface area contributed by atoms with Gasteiger partial charge in [0.05, 0.1) is 11.1 Å². The summed E-state index contributed by atoms with van der Waals surface area (Å²) in [7, 11) is 0. The van der Waals surface area contributed by atoms with Gasteiger partial charge in [-0.05, 0) is 90.8 Å². The SMILES string of the molecule is Cc1c[c-]c(-c2ccc(C)cn2)cc1.Cc1ccc2c(n1)oc1c(-c3cc(-c4cc5ccc(C(C)(C)C)nc5cc4C)ccn3)[c-]ccc12.[Ir]. The quantitative estimate of drug-likeness (QED) is 0.166. The van der Waals surface area contributed by atoms with E-state index in [9.17, 15) is 0 Å². The van der Waals surface area contributed by atoms with E-state index in [2.05, 4.69) is 116 Å². The molecule has 0 spiro atoms. The second kappa shape index (κ2) is 14.1. The standard InChI is InChI=1S/C31H26N3O.C13H12N.Ir/c1-18-15-26-21(10-12-28(34-26)31(3,4)5)16-25(18)20-13-14-32-27(17-20)24-8-6-7-22-23-11-9-19(2)33-30(23)35-29(22)24;1-10-3-6-12(7-4-10)13-8-5-11(2)9-14-13;/h6-7,9-17H,1-5H3;3-6,8-9H,1-2H3;/q2*-1;. The Hall–Kier alpha value is -5.03. The maximum Gasteiger partial charge on any atom is 0.216 e. The van der Waals surface area contributed by atoms with E-state index in [1.807, 2.05) is 62.6 Å². The van der Waals surface area contributed by atoms with Gasteiger partial charge >= 0.3 is 0 Å². The van der Waals surface area contributed by atoms with E-state index in [1.165, 1.54) is 22.3 Å². The van der Waals surface area contributed by atoms with Crippen molar-refractivity contribution in [2.24, 2.45) is 0 Å². The van der Waals surface area contributed by atoms with Gasteiger partial charge in [0.15, 0.2) is 0 Å². The van der Waals surface area contributed by atoms with Crippen molar-refractivity contribution >= 4 is 33.0 Å². The van der Waals surface area contributed by atoms with Crippen LogP contribution in [0, 0.1) is 39.8 Å². The van der Waals surface area contributed by atoms with Crippen molar-refractivity contribution in [3.63, 3.8) is 0 Å². The van der Waals surface area contributed by atoms with Gasteiger partial charge in [-0.2, -0.15) is 0 Å². The van der Waals surface area contributed by atoms with Crippen LogP contribution >= 0.6 is 0 Å². The predicted octanol–water partition coefficient (Wildman–Crippen LogP) is 11.1. The third-order valence-electron chi connectivity index (χ3n) is 8.72. The topological polar surface area (TPSA) is 64.7 Å². The van der Waals surface area contributed by atoms with E-state index < -0.39 is 0 Å². The van der Waals surface area contributed by atoms with Gasteiger partial charge in [0.1, 0.15) is 0 Å². The molecule has 8 aromatic rings. The summed E-state index contributed by atoms with van der Waals surface area (Å²) >= 11 is 0. The average Bonchev–Trinajstić information content (AvgIpc) is 3.46. The summed E-state index contributed by atoms with van der Waals surface area (Å²) in [5.41, 5.74) is 14.0. The summed E-state index contributed by atoms with van der Waals surface area (Å²) in [4.78, 5) is 18.5. The van der Waals surface area contributed by atoms with Crippen LogP contribution in [0.25, 0.3) is 66.6 Å². The molecule has 0 aliphatic heterocycles. The van der Waals surface area contributed by atoms with Gasteiger partial charge in [-0.25, -0.2) is 4.98 Å². The number of aryl methyl sites for hydroxylation is 4. The molecule has 0 aliphatic rings. The number of hydrogen-bond donors (Lipinski definition) is 0. The Kier molecular flexibility index (Phi) is 9.80. The summed E-state index contributed by atoms with van der Waals surface area (Å²) in [5, 5.41) is 3.16. The molecule has 0 bridgehead atoms. The molecule has 0 saturated carbocycles. The predicted molar refractivity (Wildman–Crippen MR) is 200 cm³/mol. The maximum absolute atomic E-state index is 6.19. The Morgan fingerprint density at radius 3 is 2.26 bits per heavy atom. The molecule has 50 heavy (non-hydrogen) atoms. The minimum absolute atomic E-state index is 0. The average molecular weight is 831 g/mol. The fraction of sp³-hybridized carbons (Fsp3) is 0.182. The molecular formula is C44H38IrN4O-2. The Morgan fingerprint density at radius 1 is 0.700 bits per heavy atom. The number of pyridine rings is 4. The van der Waals surface area contributed by atoms with Crippen LogP contribution < -0.4 is 0 Å². The Morgan fingerprint density at radius 2 is 1.52 bits per heavy atom. The number of nitrogens with zero attached hydrogens (tertiary/aromatic N) is 4. The number of aromatic nitrogens is 4. The van der Waals surface area contributed by atoms with Crippen LogP contribution in [-0.2, 0) is 25.5 Å². The molecule has 0 amide bonds. The van der Waals surface area contributed by atoms with E-state index in [0.717, 1.165) is 66.7 Å². The molecule has 0 atom stereocenters. The van der Waals surface area contributed by atoms with Gasteiger partial charge in [-0.15, -0.1) is 53.6 Å². The first-order chi connectivity index (χ1) is 23.5. The van der Waals surface area contributed by atoms with Crippen LogP contribution in [0.15, 0.2) is 108 Å². The second-order valence-corrected chi connectivity index (χ2v) is 13.7. The van der Waals surface area contributed by atoms with Gasteiger partial charge in [0.25, 0.3) is 0 Å². The summed E-state index contributed by atoms with van der Waals surface area (Å²) in [6, 6.07) is 37.7. The Labute approximate surface area is 307 Å². The van der Waals surface area contributed by atoms with Crippen molar-refractivity contribution < 1.29 is 24.5 Å². The zero-order valence-electron chi connectivity index (χ0n) is 29.3. The monoisotopic (exact) mass is 831 g/mol. The van der Waals surface area contributed by atoms with Crippen LogP contribution in [0.5, 0.6) is 0 Å². The number of hydrogen-bond acceptors (Lipinski definition) is 5. The largest absolute Gasteiger partial charge is 0.486 e. The van der Waals surface area contributed by atoms with Crippen molar-refractivity contribution in [3.05, 3.63) is 144 Å². The van der Waals surface area contributed by atoms with Crippen molar-refractivity contribution in [2.75, 3.05) is 0 Å². The van der Waals surface area contributed by atoms with Gasteiger partial charge in [0.2, 0.25) is 5.71 Å². The van der Waals surface area contributed by atoms with E-state index in [4.69, 9.17) is 9.40 Å².